The Morgan fingerprint density at radius 2 is 1.49 bits per heavy atom. The molecule has 3 aromatic carbocycles. The van der Waals surface area contributed by atoms with Crippen LogP contribution in [0.2, 0.25) is 10.0 Å². The van der Waals surface area contributed by atoms with Gasteiger partial charge in [0.15, 0.2) is 0 Å². The molecule has 3 aromatic rings. The topological polar surface area (TPSA) is 145 Å². The van der Waals surface area contributed by atoms with Gasteiger partial charge in [-0.05, 0) is 48.9 Å². The molecular formula is C26H23Cl2N3O6. The number of aryl methyl sites for hydroxylation is 1. The summed E-state index contributed by atoms with van der Waals surface area (Å²) in [4.78, 5) is 49.4. The van der Waals surface area contributed by atoms with Crippen LogP contribution >= 0.6 is 23.2 Å². The van der Waals surface area contributed by atoms with Gasteiger partial charge in [0.1, 0.15) is 11.8 Å². The molecule has 0 aliphatic rings. The molecule has 0 bridgehead atoms. The van der Waals surface area contributed by atoms with E-state index in [0.29, 0.717) is 11.1 Å². The van der Waals surface area contributed by atoms with Gasteiger partial charge in [0.2, 0.25) is 0 Å². The predicted molar refractivity (Wildman–Crippen MR) is 138 cm³/mol. The molecule has 37 heavy (non-hydrogen) atoms. The number of aromatic hydroxyl groups is 1. The second kappa shape index (κ2) is 12.2. The van der Waals surface area contributed by atoms with Gasteiger partial charge in [-0.15, -0.1) is 0 Å². The van der Waals surface area contributed by atoms with E-state index in [0.717, 1.165) is 5.56 Å². The Morgan fingerprint density at radius 3 is 2.11 bits per heavy atom. The number of halogens is 2. The van der Waals surface area contributed by atoms with Crippen molar-refractivity contribution in [3.8, 4) is 5.75 Å². The Labute approximate surface area is 222 Å². The fraction of sp³-hybridized carbons (Fsp3) is 0.154. The lowest BCUT2D eigenvalue weighted by atomic mass is 10.1. The van der Waals surface area contributed by atoms with Gasteiger partial charge in [0.05, 0.1) is 15.6 Å². The third-order valence-corrected chi connectivity index (χ3v) is 5.84. The third-order valence-electron chi connectivity index (χ3n) is 5.25. The molecule has 0 saturated heterocycles. The normalized spacial score (nSPS) is 11.3. The number of phenols is 1. The summed E-state index contributed by atoms with van der Waals surface area (Å²) >= 11 is 12.4. The van der Waals surface area contributed by atoms with E-state index in [2.05, 4.69) is 16.0 Å². The fourth-order valence-corrected chi connectivity index (χ4v) is 4.04. The monoisotopic (exact) mass is 543 g/mol. The molecular weight excluding hydrogens is 521 g/mol. The second-order valence-corrected chi connectivity index (χ2v) is 8.93. The molecule has 0 aliphatic heterocycles. The van der Waals surface area contributed by atoms with Crippen LogP contribution in [-0.2, 0) is 11.3 Å². The van der Waals surface area contributed by atoms with Crippen molar-refractivity contribution in [2.45, 2.75) is 19.5 Å². The summed E-state index contributed by atoms with van der Waals surface area (Å²) in [6, 6.07) is 14.1. The second-order valence-electron chi connectivity index (χ2n) is 8.11. The zero-order valence-corrected chi connectivity index (χ0v) is 21.1. The Morgan fingerprint density at radius 1 is 0.838 bits per heavy atom. The minimum atomic E-state index is -1.47. The zero-order valence-electron chi connectivity index (χ0n) is 19.5. The van der Waals surface area contributed by atoms with Crippen molar-refractivity contribution in [1.29, 1.82) is 0 Å². The van der Waals surface area contributed by atoms with E-state index in [1.165, 1.54) is 24.3 Å². The first-order valence-corrected chi connectivity index (χ1v) is 11.7. The number of aliphatic carboxylic acids is 1. The summed E-state index contributed by atoms with van der Waals surface area (Å²) in [7, 11) is 0. The quantitative estimate of drug-likeness (QED) is 0.279. The molecule has 0 aromatic heterocycles. The van der Waals surface area contributed by atoms with Gasteiger partial charge in [-0.1, -0.05) is 53.0 Å². The van der Waals surface area contributed by atoms with Crippen LogP contribution < -0.4 is 16.0 Å². The van der Waals surface area contributed by atoms with E-state index >= 15 is 0 Å². The largest absolute Gasteiger partial charge is 0.508 e. The highest BCUT2D eigenvalue weighted by molar-refractivity contribution is 6.40. The molecule has 0 saturated carbocycles. The number of hydrogen-bond donors (Lipinski definition) is 5. The van der Waals surface area contributed by atoms with Gasteiger partial charge >= 0.3 is 5.97 Å². The van der Waals surface area contributed by atoms with Gasteiger partial charge in [-0.2, -0.15) is 0 Å². The number of benzene rings is 3. The first-order chi connectivity index (χ1) is 17.5. The zero-order chi connectivity index (χ0) is 27.1. The summed E-state index contributed by atoms with van der Waals surface area (Å²) in [5.41, 5.74) is 1.72. The van der Waals surface area contributed by atoms with Gasteiger partial charge in [0, 0.05) is 24.2 Å². The van der Waals surface area contributed by atoms with Crippen LogP contribution in [0.3, 0.4) is 0 Å². The first kappa shape index (κ1) is 27.5. The maximum absolute atomic E-state index is 12.8. The molecule has 5 N–H and O–H groups in total. The molecule has 0 fully saturated rings. The van der Waals surface area contributed by atoms with Crippen molar-refractivity contribution in [2.75, 3.05) is 6.54 Å². The number of carbonyl (C=O) groups excluding carboxylic acids is 3. The number of nitrogens with one attached hydrogen (secondary N) is 3. The molecule has 0 spiro atoms. The van der Waals surface area contributed by atoms with Gasteiger partial charge in [-0.3, -0.25) is 14.4 Å². The van der Waals surface area contributed by atoms with E-state index in [-0.39, 0.29) is 33.5 Å². The molecule has 1 unspecified atom stereocenters. The van der Waals surface area contributed by atoms with Crippen LogP contribution in [0.15, 0.2) is 60.7 Å². The fourth-order valence-electron chi connectivity index (χ4n) is 3.39. The SMILES string of the molecule is Cc1cccc(C(=O)NCC(NC(=O)c2c(Cl)cc(C(=O)NCc3cccc(O)c3)cc2Cl)C(=O)O)c1. The van der Waals surface area contributed by atoms with Crippen molar-refractivity contribution < 1.29 is 29.4 Å². The number of amides is 3. The van der Waals surface area contributed by atoms with Crippen LogP contribution in [0.5, 0.6) is 5.75 Å². The molecule has 192 valence electrons. The Hall–Kier alpha value is -4.08. The van der Waals surface area contributed by atoms with E-state index in [9.17, 15) is 29.4 Å². The highest BCUT2D eigenvalue weighted by Gasteiger charge is 2.25. The minimum Gasteiger partial charge on any atom is -0.508 e. The third kappa shape index (κ3) is 7.45. The molecule has 0 heterocycles. The Bertz CT molecular complexity index is 1340. The van der Waals surface area contributed by atoms with E-state index in [1.807, 2.05) is 13.0 Å². The van der Waals surface area contributed by atoms with Crippen molar-refractivity contribution in [2.24, 2.45) is 0 Å². The van der Waals surface area contributed by atoms with Gasteiger partial charge in [-0.25, -0.2) is 4.79 Å². The number of rotatable bonds is 9. The van der Waals surface area contributed by atoms with Crippen LogP contribution in [-0.4, -0.2) is 46.5 Å². The predicted octanol–water partition coefficient (Wildman–Crippen LogP) is 3.55. The average Bonchev–Trinajstić information content (AvgIpc) is 2.84. The minimum absolute atomic E-state index is 0.0580. The first-order valence-electron chi connectivity index (χ1n) is 11.0. The molecule has 11 heteroatoms. The maximum Gasteiger partial charge on any atom is 0.328 e. The van der Waals surface area contributed by atoms with E-state index in [1.54, 1.807) is 30.3 Å². The summed E-state index contributed by atoms with van der Waals surface area (Å²) in [6.45, 7) is 1.55. The van der Waals surface area contributed by atoms with Gasteiger partial charge in [0.25, 0.3) is 17.7 Å². The maximum atomic E-state index is 12.8. The number of carboxylic acid groups (broad SMARTS) is 1. The van der Waals surface area contributed by atoms with Crippen molar-refractivity contribution in [3.63, 3.8) is 0 Å². The number of carbonyl (C=O) groups is 4. The number of hydrogen-bond acceptors (Lipinski definition) is 5. The lowest BCUT2D eigenvalue weighted by Crippen LogP contribution is -2.48. The molecule has 0 radical (unpaired) electrons. The van der Waals surface area contributed by atoms with Crippen molar-refractivity contribution in [3.05, 3.63) is 98.5 Å². The van der Waals surface area contributed by atoms with E-state index < -0.39 is 36.3 Å². The van der Waals surface area contributed by atoms with Crippen molar-refractivity contribution >= 4 is 46.9 Å². The molecule has 1 atom stereocenters. The Balaban J connectivity index is 1.66. The van der Waals surface area contributed by atoms with Crippen LogP contribution in [0.4, 0.5) is 0 Å². The smallest absolute Gasteiger partial charge is 0.328 e. The van der Waals surface area contributed by atoms with Crippen LogP contribution in [0, 0.1) is 6.92 Å². The van der Waals surface area contributed by atoms with Crippen LogP contribution in [0.1, 0.15) is 42.2 Å². The van der Waals surface area contributed by atoms with Crippen LogP contribution in [0.25, 0.3) is 0 Å². The molecule has 0 aliphatic carbocycles. The van der Waals surface area contributed by atoms with E-state index in [4.69, 9.17) is 23.2 Å². The summed E-state index contributed by atoms with van der Waals surface area (Å²) in [5, 5.41) is 26.1. The van der Waals surface area contributed by atoms with Gasteiger partial charge < -0.3 is 26.2 Å². The highest BCUT2D eigenvalue weighted by atomic mass is 35.5. The molecule has 9 nitrogen and oxygen atoms in total. The lowest BCUT2D eigenvalue weighted by molar-refractivity contribution is -0.139. The Kier molecular flexibility index (Phi) is 9.10. The van der Waals surface area contributed by atoms with Crippen molar-refractivity contribution in [1.82, 2.24) is 16.0 Å². The standard InChI is InChI=1S/C26H23Cl2N3O6/c1-14-4-2-6-16(8-14)23(33)30-13-21(26(36)37)31-25(35)22-19(27)10-17(11-20(22)28)24(34)29-12-15-5-3-7-18(32)9-15/h2-11,21,32H,12-13H2,1H3,(H,29,34)(H,30,33)(H,31,35)(H,36,37). The molecule has 3 rings (SSSR count). The molecule has 3 amide bonds. The summed E-state index contributed by atoms with van der Waals surface area (Å²) < 4.78 is 0. The lowest BCUT2D eigenvalue weighted by Gasteiger charge is -2.17. The number of carboxylic acids is 1. The summed E-state index contributed by atoms with van der Waals surface area (Å²) in [6.07, 6.45) is 0. The summed E-state index contributed by atoms with van der Waals surface area (Å²) in [5.74, 6) is -3.24. The average molecular weight is 544 g/mol. The highest BCUT2D eigenvalue weighted by Crippen LogP contribution is 2.27. The number of phenolic OH excluding ortho intramolecular Hbond substituents is 1.